The summed E-state index contributed by atoms with van der Waals surface area (Å²) in [6, 6.07) is 12.6. The number of anilines is 1. The van der Waals surface area contributed by atoms with Crippen molar-refractivity contribution in [2.45, 2.75) is 51.7 Å². The number of aromatic hydroxyl groups is 2. The molecule has 0 radical (unpaired) electrons. The molecule has 5 N–H and O–H groups in total. The van der Waals surface area contributed by atoms with Crippen LogP contribution < -0.4 is 22.6 Å². The molecule has 1 amide bonds. The van der Waals surface area contributed by atoms with E-state index in [0.29, 0.717) is 24.6 Å². The number of amides is 1. The normalized spacial score (nSPS) is 12.7. The third kappa shape index (κ3) is 7.86. The van der Waals surface area contributed by atoms with Gasteiger partial charge in [0.05, 0.1) is 6.04 Å². The van der Waals surface area contributed by atoms with Gasteiger partial charge in [-0.2, -0.15) is 0 Å². The molecule has 2 atom stereocenters. The Kier molecular flexibility index (Phi) is 10.7. The molecule has 0 spiro atoms. The molecule has 0 saturated heterocycles. The Bertz CT molecular complexity index is 798. The molecule has 0 aliphatic rings. The topological polar surface area (TPSA) is 97.6 Å². The maximum atomic E-state index is 12.3. The number of benzene rings is 2. The van der Waals surface area contributed by atoms with Crippen LogP contribution in [-0.2, 0) is 4.79 Å². The lowest BCUT2D eigenvalue weighted by Gasteiger charge is -2.18. The van der Waals surface area contributed by atoms with Crippen molar-refractivity contribution >= 4 is 11.6 Å². The molecule has 7 heteroatoms. The fraction of sp³-hybridized carbons (Fsp3) is 0.435. The molecule has 166 valence electrons. The maximum Gasteiger partial charge on any atom is 0.226 e. The van der Waals surface area contributed by atoms with Crippen LogP contribution >= 0.6 is 0 Å². The number of hydrogen-bond donors (Lipinski definition) is 4. The Morgan fingerprint density at radius 1 is 1.07 bits per heavy atom. The van der Waals surface area contributed by atoms with E-state index in [1.807, 2.05) is 38.2 Å². The monoisotopic (exact) mass is 436 g/mol. The zero-order chi connectivity index (χ0) is 21.4. The van der Waals surface area contributed by atoms with Crippen LogP contribution in [0.5, 0.6) is 11.5 Å². The summed E-state index contributed by atoms with van der Waals surface area (Å²) in [5.74, 6) is -0.302. The van der Waals surface area contributed by atoms with E-state index < -0.39 is 6.10 Å². The van der Waals surface area contributed by atoms with Gasteiger partial charge in [-0.1, -0.05) is 23.8 Å². The van der Waals surface area contributed by atoms with Crippen molar-refractivity contribution < 1.29 is 37.8 Å². The first-order valence-electron chi connectivity index (χ1n) is 10.1. The lowest BCUT2D eigenvalue weighted by atomic mass is 10.1. The Labute approximate surface area is 185 Å². The summed E-state index contributed by atoms with van der Waals surface area (Å²) in [4.78, 5) is 14.1. The van der Waals surface area contributed by atoms with Crippen molar-refractivity contribution in [1.82, 2.24) is 0 Å². The van der Waals surface area contributed by atoms with Gasteiger partial charge in [-0.15, -0.1) is 0 Å². The summed E-state index contributed by atoms with van der Waals surface area (Å²) in [5, 5.41) is 31.2. The van der Waals surface area contributed by atoms with Crippen LogP contribution in [0.3, 0.4) is 0 Å². The number of unbranched alkanes of at least 4 members (excludes halogenated alkanes) is 1. The molecule has 0 bridgehead atoms. The molecular formula is C23H33ClN2O4. The summed E-state index contributed by atoms with van der Waals surface area (Å²) in [5.41, 5.74) is 2.66. The number of phenolic OH excluding ortho intramolecular Hbond substituents is 2. The Morgan fingerprint density at radius 3 is 2.37 bits per heavy atom. The van der Waals surface area contributed by atoms with E-state index in [4.69, 9.17) is 0 Å². The number of quaternary nitrogens is 1. The zero-order valence-corrected chi connectivity index (χ0v) is 18.6. The number of halogens is 1. The van der Waals surface area contributed by atoms with Crippen molar-refractivity contribution in [1.29, 1.82) is 0 Å². The smallest absolute Gasteiger partial charge is 0.226 e. The number of nitrogens with zero attached hydrogens (tertiary/aromatic N) is 1. The van der Waals surface area contributed by atoms with Crippen molar-refractivity contribution in [2.75, 3.05) is 18.5 Å². The molecule has 0 saturated carbocycles. The predicted molar refractivity (Wildman–Crippen MR) is 114 cm³/mol. The zero-order valence-electron chi connectivity index (χ0n) is 17.9. The fourth-order valence-electron chi connectivity index (χ4n) is 3.19. The van der Waals surface area contributed by atoms with Crippen molar-refractivity contribution in [2.24, 2.45) is 0 Å². The third-order valence-corrected chi connectivity index (χ3v) is 5.24. The highest BCUT2D eigenvalue weighted by Gasteiger charge is 2.15. The van der Waals surface area contributed by atoms with Crippen molar-refractivity contribution in [3.63, 3.8) is 0 Å². The highest BCUT2D eigenvalue weighted by Crippen LogP contribution is 2.27. The SMILES string of the molecule is Cc1ccc(N(C)C(=O)CCCCC(C)[NH2+]CC(O)c2ccc(O)c(O)c2)cc1.[Cl-]. The molecule has 2 rings (SSSR count). The molecule has 2 aromatic rings. The molecule has 0 aromatic heterocycles. The molecule has 6 nitrogen and oxygen atoms in total. The molecular weight excluding hydrogens is 404 g/mol. The largest absolute Gasteiger partial charge is 1.00 e. The minimum absolute atomic E-state index is 0. The average molecular weight is 437 g/mol. The van der Waals surface area contributed by atoms with Crippen LogP contribution in [0.2, 0.25) is 0 Å². The van der Waals surface area contributed by atoms with Crippen molar-refractivity contribution in [3.05, 3.63) is 53.6 Å². The third-order valence-electron chi connectivity index (χ3n) is 5.24. The summed E-state index contributed by atoms with van der Waals surface area (Å²) in [6.45, 7) is 4.60. The second-order valence-electron chi connectivity index (χ2n) is 7.75. The van der Waals surface area contributed by atoms with Crippen LogP contribution in [0.15, 0.2) is 42.5 Å². The first-order chi connectivity index (χ1) is 13.8. The molecule has 2 unspecified atom stereocenters. The van der Waals surface area contributed by atoms with Crippen LogP contribution in [0.1, 0.15) is 49.8 Å². The summed E-state index contributed by atoms with van der Waals surface area (Å²) >= 11 is 0. The lowest BCUT2D eigenvalue weighted by molar-refractivity contribution is -0.693. The predicted octanol–water partition coefficient (Wildman–Crippen LogP) is -0.381. The van der Waals surface area contributed by atoms with E-state index in [1.165, 1.54) is 17.7 Å². The highest BCUT2D eigenvalue weighted by atomic mass is 35.5. The minimum Gasteiger partial charge on any atom is -1.00 e. The van der Waals surface area contributed by atoms with E-state index in [2.05, 4.69) is 12.2 Å². The van der Waals surface area contributed by atoms with Gasteiger partial charge in [0.1, 0.15) is 12.6 Å². The number of aliphatic hydroxyl groups excluding tert-OH is 1. The number of rotatable bonds is 10. The summed E-state index contributed by atoms with van der Waals surface area (Å²) in [7, 11) is 1.81. The van der Waals surface area contributed by atoms with Gasteiger partial charge in [0.25, 0.3) is 0 Å². The molecule has 2 aromatic carbocycles. The number of phenols is 2. The van der Waals surface area contributed by atoms with Crippen LogP contribution in [0.4, 0.5) is 5.69 Å². The van der Waals surface area contributed by atoms with Gasteiger partial charge < -0.3 is 37.9 Å². The summed E-state index contributed by atoms with van der Waals surface area (Å²) in [6.07, 6.45) is 2.54. The van der Waals surface area contributed by atoms with Crippen LogP contribution in [0.25, 0.3) is 0 Å². The van der Waals surface area contributed by atoms with Gasteiger partial charge in [0.15, 0.2) is 11.5 Å². The maximum absolute atomic E-state index is 12.3. The summed E-state index contributed by atoms with van der Waals surface area (Å²) < 4.78 is 0. The van der Waals surface area contributed by atoms with E-state index in [9.17, 15) is 20.1 Å². The van der Waals surface area contributed by atoms with Gasteiger partial charge >= 0.3 is 0 Å². The van der Waals surface area contributed by atoms with E-state index in [0.717, 1.165) is 24.9 Å². The molecule has 0 heterocycles. The van der Waals surface area contributed by atoms with E-state index >= 15 is 0 Å². The van der Waals surface area contributed by atoms with Gasteiger partial charge in [-0.3, -0.25) is 4.79 Å². The molecule has 0 fully saturated rings. The number of carbonyl (C=O) groups excluding carboxylic acids is 1. The average Bonchev–Trinajstić information content (AvgIpc) is 2.71. The van der Waals surface area contributed by atoms with Gasteiger partial charge in [-0.05, 0) is 62.9 Å². The number of carbonyl (C=O) groups is 1. The number of aliphatic hydroxyl groups is 1. The lowest BCUT2D eigenvalue weighted by Crippen LogP contribution is -3.00. The van der Waals surface area contributed by atoms with Gasteiger partial charge in [0, 0.05) is 19.2 Å². The van der Waals surface area contributed by atoms with Crippen LogP contribution in [0, 0.1) is 6.92 Å². The minimum atomic E-state index is -0.714. The molecule has 0 aliphatic heterocycles. The fourth-order valence-corrected chi connectivity index (χ4v) is 3.19. The molecule has 0 aliphatic carbocycles. The van der Waals surface area contributed by atoms with Crippen LogP contribution in [-0.4, -0.2) is 40.9 Å². The molecule has 30 heavy (non-hydrogen) atoms. The number of hydrogen-bond acceptors (Lipinski definition) is 4. The standard InChI is InChI=1S/C23H32N2O4.ClH/c1-16-8-11-19(12-9-16)25(3)23(29)7-5-4-6-17(2)24-15-22(28)18-10-13-20(26)21(27)14-18;/h8-14,17,22,24,26-28H,4-7,15H2,1-3H3;1H. The number of nitrogens with two attached hydrogens (primary N) is 1. The Balaban J connectivity index is 0.00000450. The second kappa shape index (κ2) is 12.4. The van der Waals surface area contributed by atoms with E-state index in [-0.39, 0.29) is 29.8 Å². The van der Waals surface area contributed by atoms with Gasteiger partial charge in [0.2, 0.25) is 5.91 Å². The quantitative estimate of drug-likeness (QED) is 0.301. The second-order valence-corrected chi connectivity index (χ2v) is 7.75. The van der Waals surface area contributed by atoms with Crippen molar-refractivity contribution in [3.8, 4) is 11.5 Å². The Hall–Kier alpha value is -2.28. The van der Waals surface area contributed by atoms with E-state index in [1.54, 1.807) is 11.0 Å². The first-order valence-corrected chi connectivity index (χ1v) is 10.1. The Morgan fingerprint density at radius 2 is 1.73 bits per heavy atom. The number of aryl methyl sites for hydroxylation is 1. The highest BCUT2D eigenvalue weighted by molar-refractivity contribution is 5.92. The first kappa shape index (κ1) is 25.8. The van der Waals surface area contributed by atoms with Gasteiger partial charge in [-0.25, -0.2) is 0 Å².